The number of β-amino-alcohol motifs (C(OH)–C–C–N with tert-alkyl or cyclic N) is 1. The first kappa shape index (κ1) is 13.8. The van der Waals surface area contributed by atoms with Crippen molar-refractivity contribution in [1.82, 2.24) is 4.90 Å². The van der Waals surface area contributed by atoms with Gasteiger partial charge >= 0.3 is 0 Å². The molecule has 0 aromatic heterocycles. The highest BCUT2D eigenvalue weighted by molar-refractivity contribution is 5.94. The number of aliphatic hydroxyl groups is 1. The summed E-state index contributed by atoms with van der Waals surface area (Å²) in [4.78, 5) is 13.0. The Balaban J connectivity index is 2.34. The van der Waals surface area contributed by atoms with E-state index in [1.54, 1.807) is 0 Å². The zero-order chi connectivity index (χ0) is 14.2. The molecule has 3 nitrogen and oxygen atoms in total. The van der Waals surface area contributed by atoms with Crippen LogP contribution in [0.15, 0.2) is 6.07 Å². The van der Waals surface area contributed by atoms with Crippen LogP contribution >= 0.6 is 0 Å². The van der Waals surface area contributed by atoms with Crippen molar-refractivity contribution in [2.75, 3.05) is 13.1 Å². The van der Waals surface area contributed by atoms with Gasteiger partial charge in [0, 0.05) is 13.1 Å². The highest BCUT2D eigenvalue weighted by Gasteiger charge is 2.28. The summed E-state index contributed by atoms with van der Waals surface area (Å²) in [5.74, 6) is -8.27. The van der Waals surface area contributed by atoms with E-state index >= 15 is 0 Å². The maximum absolute atomic E-state index is 13.5. The van der Waals surface area contributed by atoms with Crippen molar-refractivity contribution in [2.24, 2.45) is 0 Å². The molecule has 1 saturated heterocycles. The Bertz CT molecular complexity index is 521. The van der Waals surface area contributed by atoms with E-state index in [2.05, 4.69) is 0 Å². The second-order valence-electron chi connectivity index (χ2n) is 4.40. The second-order valence-corrected chi connectivity index (χ2v) is 4.40. The van der Waals surface area contributed by atoms with Crippen LogP contribution in [0.25, 0.3) is 0 Å². The van der Waals surface area contributed by atoms with E-state index in [0.29, 0.717) is 18.9 Å². The summed E-state index contributed by atoms with van der Waals surface area (Å²) in [6.45, 7) is 0.203. The molecule has 1 aromatic carbocycles. The molecule has 1 amide bonds. The van der Waals surface area contributed by atoms with Crippen LogP contribution < -0.4 is 0 Å². The third-order valence-corrected chi connectivity index (χ3v) is 3.02. The smallest absolute Gasteiger partial charge is 0.257 e. The van der Waals surface area contributed by atoms with E-state index < -0.39 is 40.8 Å². The Hall–Kier alpha value is -1.63. The number of hydrogen-bond donors (Lipinski definition) is 1. The predicted octanol–water partition coefficient (Wildman–Crippen LogP) is 1.84. The number of carbonyl (C=O) groups excluding carboxylic acids is 1. The zero-order valence-electron chi connectivity index (χ0n) is 9.80. The molecule has 0 bridgehead atoms. The van der Waals surface area contributed by atoms with Crippen molar-refractivity contribution in [3.05, 3.63) is 34.9 Å². The minimum Gasteiger partial charge on any atom is -0.391 e. The minimum atomic E-state index is -2.01. The largest absolute Gasteiger partial charge is 0.391 e. The maximum Gasteiger partial charge on any atom is 0.257 e. The van der Waals surface area contributed by atoms with Gasteiger partial charge in [0.1, 0.15) is 0 Å². The fourth-order valence-corrected chi connectivity index (χ4v) is 2.04. The average molecular weight is 277 g/mol. The van der Waals surface area contributed by atoms with Gasteiger partial charge < -0.3 is 10.0 Å². The van der Waals surface area contributed by atoms with Gasteiger partial charge in [-0.3, -0.25) is 4.79 Å². The van der Waals surface area contributed by atoms with Crippen molar-refractivity contribution in [3.8, 4) is 0 Å². The first-order valence-corrected chi connectivity index (χ1v) is 5.72. The lowest BCUT2D eigenvalue weighted by molar-refractivity contribution is 0.0468. The van der Waals surface area contributed by atoms with Crippen LogP contribution in [0, 0.1) is 23.3 Å². The Labute approximate surface area is 106 Å². The lowest BCUT2D eigenvalue weighted by Crippen LogP contribution is -2.42. The van der Waals surface area contributed by atoms with E-state index in [1.165, 1.54) is 0 Å². The number of likely N-dealkylation sites (tertiary alicyclic amines) is 1. The van der Waals surface area contributed by atoms with Crippen molar-refractivity contribution < 1.29 is 27.5 Å². The summed E-state index contributed by atoms with van der Waals surface area (Å²) >= 11 is 0. The van der Waals surface area contributed by atoms with Gasteiger partial charge in [-0.15, -0.1) is 0 Å². The maximum atomic E-state index is 13.5. The van der Waals surface area contributed by atoms with Crippen LogP contribution in [0.1, 0.15) is 23.2 Å². The molecule has 0 saturated carbocycles. The highest BCUT2D eigenvalue weighted by Crippen LogP contribution is 2.21. The lowest BCUT2D eigenvalue weighted by atomic mass is 10.1. The number of hydrogen-bond acceptors (Lipinski definition) is 2. The molecule has 104 valence electrons. The topological polar surface area (TPSA) is 40.5 Å². The van der Waals surface area contributed by atoms with E-state index in [0.717, 1.165) is 4.90 Å². The molecule has 1 aliphatic heterocycles. The van der Waals surface area contributed by atoms with Crippen LogP contribution in [0.4, 0.5) is 17.6 Å². The number of rotatable bonds is 1. The third-order valence-electron chi connectivity index (χ3n) is 3.02. The highest BCUT2D eigenvalue weighted by atomic mass is 19.2. The standard InChI is InChI=1S/C12H11F4NO2/c13-8-4-7(9(14)11(16)10(8)15)12(19)17-3-1-2-6(18)5-17/h4,6,18H,1-3,5H2. The summed E-state index contributed by atoms with van der Waals surface area (Å²) in [5.41, 5.74) is -0.870. The molecule has 1 heterocycles. The Morgan fingerprint density at radius 3 is 2.53 bits per heavy atom. The van der Waals surface area contributed by atoms with E-state index in [-0.39, 0.29) is 13.1 Å². The zero-order valence-corrected chi connectivity index (χ0v) is 9.80. The van der Waals surface area contributed by atoms with Gasteiger partial charge in [0.05, 0.1) is 11.7 Å². The van der Waals surface area contributed by atoms with E-state index in [9.17, 15) is 27.5 Å². The molecule has 0 aliphatic carbocycles. The third kappa shape index (κ3) is 2.56. The number of halogens is 4. The van der Waals surface area contributed by atoms with Gasteiger partial charge in [0.25, 0.3) is 5.91 Å². The molecule has 1 fully saturated rings. The molecule has 1 aromatic rings. The number of piperidine rings is 1. The fourth-order valence-electron chi connectivity index (χ4n) is 2.04. The van der Waals surface area contributed by atoms with Crippen LogP contribution in [0.2, 0.25) is 0 Å². The predicted molar refractivity (Wildman–Crippen MR) is 57.4 cm³/mol. The molecule has 1 aliphatic rings. The number of carbonyl (C=O) groups is 1. The Morgan fingerprint density at radius 2 is 1.89 bits per heavy atom. The van der Waals surface area contributed by atoms with Crippen LogP contribution in [0.3, 0.4) is 0 Å². The van der Waals surface area contributed by atoms with E-state index in [1.807, 2.05) is 0 Å². The molecule has 1 unspecified atom stereocenters. The summed E-state index contributed by atoms with van der Waals surface area (Å²) in [5, 5.41) is 9.40. The lowest BCUT2D eigenvalue weighted by Gasteiger charge is -2.30. The van der Waals surface area contributed by atoms with Gasteiger partial charge in [0.2, 0.25) is 0 Å². The molecule has 0 radical (unpaired) electrons. The first-order valence-electron chi connectivity index (χ1n) is 5.72. The SMILES string of the molecule is O=C(c1cc(F)c(F)c(F)c1F)N1CCCC(O)C1. The van der Waals surface area contributed by atoms with Gasteiger partial charge in [0.15, 0.2) is 23.3 Å². The number of benzene rings is 1. The van der Waals surface area contributed by atoms with Gasteiger partial charge in [-0.1, -0.05) is 0 Å². The average Bonchev–Trinajstić information content (AvgIpc) is 2.40. The van der Waals surface area contributed by atoms with Gasteiger partial charge in [-0.05, 0) is 18.9 Å². The van der Waals surface area contributed by atoms with Crippen molar-refractivity contribution in [1.29, 1.82) is 0 Å². The summed E-state index contributed by atoms with van der Waals surface area (Å²) < 4.78 is 52.3. The summed E-state index contributed by atoms with van der Waals surface area (Å²) in [7, 11) is 0. The molecular formula is C12H11F4NO2. The minimum absolute atomic E-state index is 0.0428. The summed E-state index contributed by atoms with van der Waals surface area (Å²) in [6.07, 6.45) is 0.245. The number of aliphatic hydroxyl groups excluding tert-OH is 1. The molecular weight excluding hydrogens is 266 g/mol. The normalized spacial score (nSPS) is 19.6. The van der Waals surface area contributed by atoms with E-state index in [4.69, 9.17) is 0 Å². The van der Waals surface area contributed by atoms with Crippen LogP contribution in [-0.4, -0.2) is 35.1 Å². The first-order chi connectivity index (χ1) is 8.91. The molecule has 0 spiro atoms. The van der Waals surface area contributed by atoms with Gasteiger partial charge in [-0.25, -0.2) is 17.6 Å². The molecule has 19 heavy (non-hydrogen) atoms. The van der Waals surface area contributed by atoms with Crippen LogP contribution in [-0.2, 0) is 0 Å². The quantitative estimate of drug-likeness (QED) is 0.483. The molecule has 1 N–H and O–H groups in total. The van der Waals surface area contributed by atoms with Crippen LogP contribution in [0.5, 0.6) is 0 Å². The molecule has 1 atom stereocenters. The molecule has 7 heteroatoms. The summed E-state index contributed by atoms with van der Waals surface area (Å²) in [6, 6.07) is 0.330. The molecule has 2 rings (SSSR count). The Morgan fingerprint density at radius 1 is 1.21 bits per heavy atom. The van der Waals surface area contributed by atoms with Gasteiger partial charge in [-0.2, -0.15) is 0 Å². The number of nitrogens with zero attached hydrogens (tertiary/aromatic N) is 1. The van der Waals surface area contributed by atoms with Crippen molar-refractivity contribution >= 4 is 5.91 Å². The number of amides is 1. The Kier molecular flexibility index (Phi) is 3.75. The van der Waals surface area contributed by atoms with Crippen molar-refractivity contribution in [2.45, 2.75) is 18.9 Å². The monoisotopic (exact) mass is 277 g/mol. The van der Waals surface area contributed by atoms with Crippen molar-refractivity contribution in [3.63, 3.8) is 0 Å². The second kappa shape index (κ2) is 5.16. The fraction of sp³-hybridized carbons (Fsp3) is 0.417.